The monoisotopic (exact) mass is 530 g/mol. The Morgan fingerprint density at radius 1 is 0.850 bits per heavy atom. The van der Waals surface area contributed by atoms with Crippen molar-refractivity contribution >= 4 is 17.6 Å². The lowest BCUT2D eigenvalue weighted by Gasteiger charge is -2.36. The molecule has 4 aromatic rings. The summed E-state index contributed by atoms with van der Waals surface area (Å²) >= 11 is 0. The van der Waals surface area contributed by atoms with Crippen molar-refractivity contribution in [2.75, 3.05) is 25.0 Å². The minimum atomic E-state index is -0.418. The highest BCUT2D eigenvalue weighted by Crippen LogP contribution is 2.33. The van der Waals surface area contributed by atoms with E-state index < -0.39 is 6.04 Å². The van der Waals surface area contributed by atoms with Gasteiger partial charge < -0.3 is 10.1 Å². The van der Waals surface area contributed by atoms with Gasteiger partial charge in [-0.25, -0.2) is 4.79 Å². The van der Waals surface area contributed by atoms with Gasteiger partial charge in [0.15, 0.2) is 0 Å². The maximum atomic E-state index is 13.2. The summed E-state index contributed by atoms with van der Waals surface area (Å²) in [5, 5.41) is 3.06. The van der Waals surface area contributed by atoms with Crippen molar-refractivity contribution < 1.29 is 14.3 Å². The van der Waals surface area contributed by atoms with Crippen LogP contribution in [0.3, 0.4) is 0 Å². The fourth-order valence-corrected chi connectivity index (χ4v) is 5.43. The van der Waals surface area contributed by atoms with Crippen molar-refractivity contribution in [2.45, 2.75) is 24.8 Å². The predicted molar refractivity (Wildman–Crippen MR) is 160 cm³/mol. The van der Waals surface area contributed by atoms with Gasteiger partial charge in [0.1, 0.15) is 12.6 Å². The van der Waals surface area contributed by atoms with E-state index in [1.54, 1.807) is 6.08 Å². The fraction of sp³-hybridized carbons (Fsp3) is 0.200. The maximum Gasteiger partial charge on any atom is 0.328 e. The number of hydrogen-bond donors (Lipinski definition) is 1. The van der Waals surface area contributed by atoms with Gasteiger partial charge in [0.25, 0.3) is 5.91 Å². The van der Waals surface area contributed by atoms with Gasteiger partial charge in [0, 0.05) is 11.3 Å². The summed E-state index contributed by atoms with van der Waals surface area (Å²) in [6.45, 7) is 5.46. The largest absolute Gasteiger partial charge is 0.460 e. The minimum absolute atomic E-state index is 0.129. The molecule has 0 aromatic heterocycles. The first-order chi connectivity index (χ1) is 19.6. The van der Waals surface area contributed by atoms with E-state index in [9.17, 15) is 9.59 Å². The highest BCUT2D eigenvalue weighted by Gasteiger charge is 2.32. The summed E-state index contributed by atoms with van der Waals surface area (Å²) in [5.41, 5.74) is 5.52. The molecule has 0 spiro atoms. The molecule has 1 aliphatic heterocycles. The van der Waals surface area contributed by atoms with Crippen LogP contribution in [0, 0.1) is 0 Å². The van der Waals surface area contributed by atoms with Crippen molar-refractivity contribution in [3.63, 3.8) is 0 Å². The number of carbonyl (C=O) groups is 2. The van der Waals surface area contributed by atoms with E-state index in [1.807, 2.05) is 97.1 Å². The van der Waals surface area contributed by atoms with Crippen LogP contribution >= 0.6 is 0 Å². The minimum Gasteiger partial charge on any atom is -0.460 e. The number of hydrogen-bond acceptors (Lipinski definition) is 4. The molecule has 202 valence electrons. The molecule has 0 aliphatic carbocycles. The Balaban J connectivity index is 1.22. The quantitative estimate of drug-likeness (QED) is 0.183. The first kappa shape index (κ1) is 27.1. The number of nitrogens with one attached hydrogen (secondary N) is 1. The number of ether oxygens (including phenoxy) is 1. The third kappa shape index (κ3) is 6.38. The normalized spacial score (nSPS) is 14.7. The van der Waals surface area contributed by atoms with Crippen LogP contribution in [0.25, 0.3) is 11.1 Å². The van der Waals surface area contributed by atoms with Gasteiger partial charge in [-0.2, -0.15) is 0 Å². The van der Waals surface area contributed by atoms with Crippen LogP contribution in [-0.2, 0) is 9.53 Å². The molecule has 1 unspecified atom stereocenters. The van der Waals surface area contributed by atoms with Crippen LogP contribution in [-0.4, -0.2) is 36.5 Å². The standard InChI is InChI=1S/C35H34N2O3/c1-2-25-40-35(39)33(29-13-7-4-8-14-29)37-23-21-27(22-24-37)26-17-19-30(20-18-26)36-34(38)32-16-10-9-15-31(32)28-11-5-3-6-12-28/h2-20,27,33H,1,21-25H2,(H,36,38). The van der Waals surface area contributed by atoms with Crippen molar-refractivity contribution in [3.05, 3.63) is 139 Å². The van der Waals surface area contributed by atoms with Gasteiger partial charge in [-0.05, 0) is 72.3 Å². The van der Waals surface area contributed by atoms with Gasteiger partial charge in [-0.15, -0.1) is 0 Å². The lowest BCUT2D eigenvalue weighted by molar-refractivity contribution is -0.149. The average Bonchev–Trinajstić information content (AvgIpc) is 3.02. The molecule has 5 nitrogen and oxygen atoms in total. The summed E-state index contributed by atoms with van der Waals surface area (Å²) in [6.07, 6.45) is 3.47. The molecule has 1 saturated heterocycles. The molecule has 5 rings (SSSR count). The van der Waals surface area contributed by atoms with Crippen molar-refractivity contribution in [3.8, 4) is 11.1 Å². The number of carbonyl (C=O) groups excluding carboxylic acids is 2. The van der Waals surface area contributed by atoms with Crippen LogP contribution in [0.1, 0.15) is 46.3 Å². The van der Waals surface area contributed by atoms with Crippen LogP contribution in [0.15, 0.2) is 122 Å². The van der Waals surface area contributed by atoms with E-state index in [2.05, 4.69) is 28.9 Å². The van der Waals surface area contributed by atoms with Crippen molar-refractivity contribution in [2.24, 2.45) is 0 Å². The molecule has 0 radical (unpaired) electrons. The Morgan fingerprint density at radius 3 is 2.15 bits per heavy atom. The van der Waals surface area contributed by atoms with E-state index in [0.29, 0.717) is 11.5 Å². The maximum absolute atomic E-state index is 13.2. The van der Waals surface area contributed by atoms with Crippen LogP contribution in [0.4, 0.5) is 5.69 Å². The zero-order chi connectivity index (χ0) is 27.7. The van der Waals surface area contributed by atoms with E-state index in [4.69, 9.17) is 4.74 Å². The average molecular weight is 531 g/mol. The number of esters is 1. The number of anilines is 1. The van der Waals surface area contributed by atoms with E-state index in [0.717, 1.165) is 48.3 Å². The summed E-state index contributed by atoms with van der Waals surface area (Å²) in [5.74, 6) is 0.0229. The van der Waals surface area contributed by atoms with Gasteiger partial charge in [-0.3, -0.25) is 9.69 Å². The molecular weight excluding hydrogens is 496 g/mol. The number of nitrogens with zero attached hydrogens (tertiary/aromatic N) is 1. The second kappa shape index (κ2) is 13.0. The number of likely N-dealkylation sites (tertiary alicyclic amines) is 1. The Bertz CT molecular complexity index is 1430. The van der Waals surface area contributed by atoms with Crippen LogP contribution in [0.2, 0.25) is 0 Å². The smallest absolute Gasteiger partial charge is 0.328 e. The third-order valence-electron chi connectivity index (χ3n) is 7.47. The fourth-order valence-electron chi connectivity index (χ4n) is 5.43. The van der Waals surface area contributed by atoms with Crippen molar-refractivity contribution in [1.82, 2.24) is 4.90 Å². The van der Waals surface area contributed by atoms with Gasteiger partial charge in [0.05, 0.1) is 0 Å². The molecule has 0 saturated carbocycles. The molecule has 0 bridgehead atoms. The topological polar surface area (TPSA) is 58.6 Å². The molecule has 40 heavy (non-hydrogen) atoms. The molecule has 1 heterocycles. The molecule has 1 aliphatic rings. The molecule has 1 amide bonds. The first-order valence-corrected chi connectivity index (χ1v) is 13.8. The van der Waals surface area contributed by atoms with Crippen LogP contribution in [0.5, 0.6) is 0 Å². The zero-order valence-electron chi connectivity index (χ0n) is 22.5. The summed E-state index contributed by atoms with van der Waals surface area (Å²) in [7, 11) is 0. The number of amides is 1. The number of piperidine rings is 1. The molecule has 1 atom stereocenters. The molecule has 1 fully saturated rings. The Kier molecular flexibility index (Phi) is 8.84. The second-order valence-electron chi connectivity index (χ2n) is 10.0. The number of benzene rings is 4. The molecule has 5 heteroatoms. The Hall–Kier alpha value is -4.48. The van der Waals surface area contributed by atoms with Gasteiger partial charge in [0.2, 0.25) is 0 Å². The van der Waals surface area contributed by atoms with E-state index in [-0.39, 0.29) is 18.5 Å². The highest BCUT2D eigenvalue weighted by atomic mass is 16.5. The summed E-state index contributed by atoms with van der Waals surface area (Å²) in [6, 6.07) is 35.2. The van der Waals surface area contributed by atoms with Gasteiger partial charge in [-0.1, -0.05) is 104 Å². The summed E-state index contributed by atoms with van der Waals surface area (Å²) < 4.78 is 5.45. The first-order valence-electron chi connectivity index (χ1n) is 13.8. The van der Waals surface area contributed by atoms with E-state index in [1.165, 1.54) is 5.56 Å². The molecule has 1 N–H and O–H groups in total. The van der Waals surface area contributed by atoms with Crippen molar-refractivity contribution in [1.29, 1.82) is 0 Å². The SMILES string of the molecule is C=CCOC(=O)C(c1ccccc1)N1CCC(c2ccc(NC(=O)c3ccccc3-c3ccccc3)cc2)CC1. The third-order valence-corrected chi connectivity index (χ3v) is 7.47. The lowest BCUT2D eigenvalue weighted by atomic mass is 9.88. The zero-order valence-corrected chi connectivity index (χ0v) is 22.5. The lowest BCUT2D eigenvalue weighted by Crippen LogP contribution is -2.40. The van der Waals surface area contributed by atoms with Gasteiger partial charge >= 0.3 is 5.97 Å². The Labute approximate surface area is 236 Å². The van der Waals surface area contributed by atoms with E-state index >= 15 is 0 Å². The van der Waals surface area contributed by atoms with Crippen LogP contribution < -0.4 is 5.32 Å². The molecular formula is C35H34N2O3. The predicted octanol–water partition coefficient (Wildman–Crippen LogP) is 7.26. The highest BCUT2D eigenvalue weighted by molar-refractivity contribution is 6.08. The Morgan fingerprint density at radius 2 is 1.48 bits per heavy atom. The summed E-state index contributed by atoms with van der Waals surface area (Å²) in [4.78, 5) is 28.3. The number of rotatable bonds is 9. The second-order valence-corrected chi connectivity index (χ2v) is 10.0. The molecule has 4 aromatic carbocycles.